The Morgan fingerprint density at radius 2 is 2.07 bits per heavy atom. The molecule has 3 aliphatic rings. The lowest BCUT2D eigenvalue weighted by atomic mass is 9.74. The maximum Gasteiger partial charge on any atom is 0.237 e. The molecule has 2 fully saturated rings. The number of anilines is 1. The van der Waals surface area contributed by atoms with Gasteiger partial charge < -0.3 is 14.8 Å². The van der Waals surface area contributed by atoms with Crippen LogP contribution in [0.3, 0.4) is 0 Å². The molecule has 1 N–H and O–H groups in total. The fourth-order valence-electron chi connectivity index (χ4n) is 5.73. The molecule has 7 nitrogen and oxygen atoms in total. The number of amides is 2. The van der Waals surface area contributed by atoms with E-state index < -0.39 is 11.5 Å². The van der Waals surface area contributed by atoms with E-state index in [4.69, 9.17) is 0 Å². The van der Waals surface area contributed by atoms with Crippen LogP contribution in [0.1, 0.15) is 49.5 Å². The molecule has 1 aromatic heterocycles. The molecule has 0 unspecified atom stereocenters. The fourth-order valence-corrected chi connectivity index (χ4v) is 5.73. The first kappa shape index (κ1) is 19.3. The molecule has 2 amide bonds. The van der Waals surface area contributed by atoms with Crippen LogP contribution in [0, 0.1) is 0 Å². The first-order valence-electron chi connectivity index (χ1n) is 10.9. The summed E-state index contributed by atoms with van der Waals surface area (Å²) >= 11 is 0. The highest BCUT2D eigenvalue weighted by Crippen LogP contribution is 2.54. The van der Waals surface area contributed by atoms with Crippen molar-refractivity contribution in [3.8, 4) is 0 Å². The molecule has 30 heavy (non-hydrogen) atoms. The number of rotatable bonds is 4. The highest BCUT2D eigenvalue weighted by atomic mass is 16.2. The molecule has 1 aliphatic carbocycles. The Hall–Kier alpha value is -2.67. The van der Waals surface area contributed by atoms with Crippen molar-refractivity contribution in [2.45, 2.75) is 49.6 Å². The van der Waals surface area contributed by atoms with Crippen molar-refractivity contribution < 1.29 is 9.59 Å². The summed E-state index contributed by atoms with van der Waals surface area (Å²) in [4.78, 5) is 35.6. The number of fused-ring (bicyclic) bond motifs is 2. The first-order valence-corrected chi connectivity index (χ1v) is 10.9. The summed E-state index contributed by atoms with van der Waals surface area (Å²) in [6.07, 6.45) is 9.03. The Labute approximate surface area is 177 Å². The molecule has 1 saturated carbocycles. The minimum atomic E-state index is -0.794. The molecule has 3 heterocycles. The summed E-state index contributed by atoms with van der Waals surface area (Å²) < 4.78 is 1.94. The van der Waals surface area contributed by atoms with Gasteiger partial charge in [0.05, 0.1) is 6.54 Å². The fraction of sp³-hybridized carbons (Fsp3) is 0.522. The van der Waals surface area contributed by atoms with Gasteiger partial charge in [0.25, 0.3) is 0 Å². The van der Waals surface area contributed by atoms with E-state index in [0.29, 0.717) is 25.6 Å². The van der Waals surface area contributed by atoms with Gasteiger partial charge in [-0.25, -0.2) is 4.98 Å². The lowest BCUT2D eigenvalue weighted by molar-refractivity contribution is -0.135. The van der Waals surface area contributed by atoms with Crippen molar-refractivity contribution in [3.05, 3.63) is 48.0 Å². The minimum Gasteiger partial charge on any atom is -0.336 e. The molecule has 1 aromatic carbocycles. The van der Waals surface area contributed by atoms with Gasteiger partial charge in [0.15, 0.2) is 0 Å². The smallest absolute Gasteiger partial charge is 0.237 e. The zero-order valence-corrected chi connectivity index (χ0v) is 17.7. The maximum absolute atomic E-state index is 13.5. The van der Waals surface area contributed by atoms with Crippen LogP contribution in [0.25, 0.3) is 0 Å². The van der Waals surface area contributed by atoms with Crippen molar-refractivity contribution in [3.63, 3.8) is 0 Å². The lowest BCUT2D eigenvalue weighted by Gasteiger charge is -2.34. The number of nitrogens with zero attached hydrogens (tertiary/aromatic N) is 4. The van der Waals surface area contributed by atoms with E-state index in [1.54, 1.807) is 6.20 Å². The molecule has 7 heteroatoms. The van der Waals surface area contributed by atoms with Crippen molar-refractivity contribution in [2.24, 2.45) is 7.05 Å². The number of carbonyl (C=O) groups excluding carboxylic acids is 2. The van der Waals surface area contributed by atoms with Crippen molar-refractivity contribution >= 4 is 17.5 Å². The third kappa shape index (κ3) is 2.79. The number of aromatic nitrogens is 2. The summed E-state index contributed by atoms with van der Waals surface area (Å²) in [5, 5.41) is 3.06. The molecule has 1 spiro atoms. The summed E-state index contributed by atoms with van der Waals surface area (Å²) in [5.41, 5.74) is 1.03. The second-order valence-corrected chi connectivity index (χ2v) is 8.96. The highest BCUT2D eigenvalue weighted by Gasteiger charge is 2.60. The maximum atomic E-state index is 13.5. The van der Waals surface area contributed by atoms with Crippen LogP contribution in [0.2, 0.25) is 0 Å². The summed E-state index contributed by atoms with van der Waals surface area (Å²) in [7, 11) is 3.98. The Kier molecular flexibility index (Phi) is 4.65. The summed E-state index contributed by atoms with van der Waals surface area (Å²) in [6.45, 7) is 0.932. The van der Waals surface area contributed by atoms with Crippen molar-refractivity contribution in [1.29, 1.82) is 0 Å². The third-order valence-corrected chi connectivity index (χ3v) is 7.34. The zero-order valence-electron chi connectivity index (χ0n) is 17.7. The summed E-state index contributed by atoms with van der Waals surface area (Å²) in [6, 6.07) is 7.92. The molecule has 0 radical (unpaired) electrons. The second-order valence-electron chi connectivity index (χ2n) is 8.96. The predicted molar refractivity (Wildman–Crippen MR) is 114 cm³/mol. The van der Waals surface area contributed by atoms with E-state index in [1.807, 2.05) is 54.0 Å². The monoisotopic (exact) mass is 407 g/mol. The number of para-hydroxylation sites is 1. The molecule has 2 aliphatic heterocycles. The van der Waals surface area contributed by atoms with Crippen LogP contribution in [-0.2, 0) is 22.1 Å². The van der Waals surface area contributed by atoms with Crippen molar-refractivity contribution in [2.75, 3.05) is 25.5 Å². The van der Waals surface area contributed by atoms with Gasteiger partial charge in [0, 0.05) is 37.7 Å². The molecule has 2 atom stereocenters. The normalized spacial score (nSPS) is 26.0. The lowest BCUT2D eigenvalue weighted by Crippen LogP contribution is -2.47. The van der Waals surface area contributed by atoms with Gasteiger partial charge in [-0.15, -0.1) is 0 Å². The van der Waals surface area contributed by atoms with Crippen LogP contribution in [0.5, 0.6) is 0 Å². The topological polar surface area (TPSA) is 70.5 Å². The van der Waals surface area contributed by atoms with Gasteiger partial charge >= 0.3 is 0 Å². The van der Waals surface area contributed by atoms with Gasteiger partial charge in [-0.05, 0) is 37.9 Å². The molecule has 5 rings (SSSR count). The number of nitrogens with one attached hydrogen (secondary N) is 1. The van der Waals surface area contributed by atoms with Crippen LogP contribution < -0.4 is 5.32 Å². The number of hydrogen-bond donors (Lipinski definition) is 1. The predicted octanol–water partition coefficient (Wildman–Crippen LogP) is 2.46. The molecular weight excluding hydrogens is 378 g/mol. The van der Waals surface area contributed by atoms with Gasteiger partial charge in [-0.3, -0.25) is 14.5 Å². The first-order chi connectivity index (χ1) is 14.5. The number of imidazole rings is 1. The molecular formula is C23H29N5O2. The Morgan fingerprint density at radius 3 is 2.80 bits per heavy atom. The Balaban J connectivity index is 1.52. The molecule has 0 bridgehead atoms. The van der Waals surface area contributed by atoms with Crippen LogP contribution >= 0.6 is 0 Å². The minimum absolute atomic E-state index is 0.0313. The number of aryl methyl sites for hydroxylation is 1. The van der Waals surface area contributed by atoms with Crippen molar-refractivity contribution in [1.82, 2.24) is 19.4 Å². The van der Waals surface area contributed by atoms with Gasteiger partial charge in [-0.1, -0.05) is 31.0 Å². The largest absolute Gasteiger partial charge is 0.336 e. The van der Waals surface area contributed by atoms with E-state index in [9.17, 15) is 9.59 Å². The number of hydrogen-bond acceptors (Lipinski definition) is 4. The third-order valence-electron chi connectivity index (χ3n) is 7.34. The quantitative estimate of drug-likeness (QED) is 0.845. The second kappa shape index (κ2) is 7.23. The van der Waals surface area contributed by atoms with Crippen LogP contribution in [0.15, 0.2) is 36.7 Å². The van der Waals surface area contributed by atoms with Crippen LogP contribution in [0.4, 0.5) is 5.69 Å². The SMILES string of the molecule is CN(CC(=O)N1CC[C@]2(C(=O)Nc3ccccc32)[C@@H]1c1nccn1C)C1CCCC1. The Morgan fingerprint density at radius 1 is 1.30 bits per heavy atom. The number of likely N-dealkylation sites (tertiary alicyclic amines) is 1. The number of likely N-dealkylation sites (N-methyl/N-ethyl adjacent to an activating group) is 1. The van der Waals surface area contributed by atoms with E-state index >= 15 is 0 Å². The zero-order chi connectivity index (χ0) is 20.9. The molecule has 158 valence electrons. The molecule has 2 aromatic rings. The number of carbonyl (C=O) groups is 2. The van der Waals surface area contributed by atoms with E-state index in [1.165, 1.54) is 12.8 Å². The Bertz CT molecular complexity index is 979. The number of benzene rings is 1. The average Bonchev–Trinajstić information content (AvgIpc) is 3.51. The highest BCUT2D eigenvalue weighted by molar-refractivity contribution is 6.07. The van der Waals surface area contributed by atoms with Crippen LogP contribution in [-0.4, -0.2) is 57.3 Å². The van der Waals surface area contributed by atoms with Gasteiger partial charge in [0.2, 0.25) is 11.8 Å². The average molecular weight is 408 g/mol. The molecule has 1 saturated heterocycles. The standard InChI is InChI=1S/C23H29N5O2/c1-26-14-12-24-21(26)20-23(17-9-5-6-10-18(17)25-22(23)30)11-13-28(20)19(29)15-27(2)16-7-3-4-8-16/h5-6,9-10,12,14,16,20H,3-4,7-8,11,13,15H2,1-2H3,(H,25,30)/t20-,23+/m0/s1. The van der Waals surface area contributed by atoms with Gasteiger partial charge in [0.1, 0.15) is 17.3 Å². The summed E-state index contributed by atoms with van der Waals surface area (Å²) in [5.74, 6) is 0.804. The van der Waals surface area contributed by atoms with E-state index in [-0.39, 0.29) is 11.8 Å². The van der Waals surface area contributed by atoms with Gasteiger partial charge in [-0.2, -0.15) is 0 Å². The van der Waals surface area contributed by atoms with E-state index in [0.717, 1.165) is 29.9 Å². The van der Waals surface area contributed by atoms with E-state index in [2.05, 4.69) is 15.2 Å².